The highest BCUT2D eigenvalue weighted by Gasteiger charge is 2.30. The predicted molar refractivity (Wildman–Crippen MR) is 391 cm³/mol. The van der Waals surface area contributed by atoms with E-state index in [9.17, 15) is 43.2 Å². The van der Waals surface area contributed by atoms with Crippen LogP contribution in [0.3, 0.4) is 0 Å². The van der Waals surface area contributed by atoms with Crippen LogP contribution in [0.25, 0.3) is 0 Å². The summed E-state index contributed by atoms with van der Waals surface area (Å²) in [5.41, 5.74) is 0. The molecule has 5 unspecified atom stereocenters. The number of aliphatic hydroxyl groups excluding tert-OH is 1. The van der Waals surface area contributed by atoms with Crippen molar-refractivity contribution in [3.05, 3.63) is 0 Å². The first kappa shape index (κ1) is 94.1. The van der Waals surface area contributed by atoms with Gasteiger partial charge in [-0.25, -0.2) is 9.13 Å². The predicted octanol–water partition coefficient (Wildman–Crippen LogP) is 23.0. The van der Waals surface area contributed by atoms with Crippen LogP contribution in [0.4, 0.5) is 0 Å². The fourth-order valence-electron chi connectivity index (χ4n) is 11.9. The van der Waals surface area contributed by atoms with Crippen LogP contribution >= 0.6 is 15.6 Å². The molecule has 0 amide bonds. The van der Waals surface area contributed by atoms with Crippen molar-refractivity contribution < 1.29 is 80.2 Å². The Hall–Kier alpha value is -1.94. The minimum Gasteiger partial charge on any atom is -0.462 e. The Labute approximate surface area is 588 Å². The molecule has 570 valence electrons. The van der Waals surface area contributed by atoms with Crippen LogP contribution in [0.1, 0.15) is 413 Å². The van der Waals surface area contributed by atoms with E-state index in [1.54, 1.807) is 0 Å². The van der Waals surface area contributed by atoms with Crippen molar-refractivity contribution in [2.75, 3.05) is 39.6 Å². The standard InChI is InChI=1S/C77H150O17P2/c1-5-9-13-17-21-25-29-33-35-39-42-46-50-54-58-62-75(80)88-68-73(94-77(82)64-60-56-52-48-44-40-36-34-30-26-22-18-14-10-6-2)70-92-96(85,86)90-66-71(78)65-89-95(83,84)91-69-72(93-76(81)63-59-55-51-47-43-38-32-28-24-20-16-12-8-4)67-87-74(79)61-57-53-49-45-41-37-31-27-23-19-15-11-7-3/h71-73,78H,5-70H2,1-4H3,(H,83,84)(H,85,86). The number of carbonyl (C=O) groups is 4. The van der Waals surface area contributed by atoms with E-state index in [-0.39, 0.29) is 25.7 Å². The first-order valence-corrected chi connectivity index (χ1v) is 43.3. The number of unbranched alkanes of at least 4 members (excludes halogenated alkanes) is 52. The van der Waals surface area contributed by atoms with Crippen molar-refractivity contribution in [3.63, 3.8) is 0 Å². The smallest absolute Gasteiger partial charge is 0.462 e. The maximum atomic E-state index is 13.1. The molecule has 19 heteroatoms. The van der Waals surface area contributed by atoms with Gasteiger partial charge in [0.2, 0.25) is 0 Å². The lowest BCUT2D eigenvalue weighted by atomic mass is 10.0. The summed E-state index contributed by atoms with van der Waals surface area (Å²) in [7, 11) is -9.91. The number of phosphoric ester groups is 2. The molecule has 3 N–H and O–H groups in total. The zero-order chi connectivity index (χ0) is 70.4. The van der Waals surface area contributed by atoms with Crippen molar-refractivity contribution in [3.8, 4) is 0 Å². The second-order valence-corrected chi connectivity index (χ2v) is 30.7. The largest absolute Gasteiger partial charge is 0.472 e. The van der Waals surface area contributed by atoms with Gasteiger partial charge in [0.05, 0.1) is 26.4 Å². The molecule has 0 saturated carbocycles. The van der Waals surface area contributed by atoms with E-state index in [0.717, 1.165) is 89.9 Å². The molecule has 0 saturated heterocycles. The first-order valence-electron chi connectivity index (χ1n) is 40.3. The summed E-state index contributed by atoms with van der Waals surface area (Å²) >= 11 is 0. The van der Waals surface area contributed by atoms with Gasteiger partial charge in [-0.1, -0.05) is 362 Å². The molecule has 0 spiro atoms. The van der Waals surface area contributed by atoms with Gasteiger partial charge >= 0.3 is 39.5 Å². The number of carbonyl (C=O) groups excluding carboxylic acids is 4. The van der Waals surface area contributed by atoms with E-state index in [1.807, 2.05) is 0 Å². The van der Waals surface area contributed by atoms with Gasteiger partial charge in [-0.05, 0) is 25.7 Å². The van der Waals surface area contributed by atoms with Crippen LogP contribution in [0.2, 0.25) is 0 Å². The summed E-state index contributed by atoms with van der Waals surface area (Å²) in [5.74, 6) is -2.11. The van der Waals surface area contributed by atoms with Gasteiger partial charge in [-0.15, -0.1) is 0 Å². The molecule has 0 aromatic heterocycles. The fourth-order valence-corrected chi connectivity index (χ4v) is 13.5. The van der Waals surface area contributed by atoms with Crippen LogP contribution in [0.5, 0.6) is 0 Å². The average molecular weight is 1410 g/mol. The molecule has 0 aliphatic heterocycles. The van der Waals surface area contributed by atoms with Crippen LogP contribution in [-0.2, 0) is 65.4 Å². The Morgan fingerprint density at radius 1 is 0.250 bits per heavy atom. The van der Waals surface area contributed by atoms with E-state index >= 15 is 0 Å². The number of phosphoric acid groups is 2. The number of rotatable bonds is 78. The molecule has 0 rings (SSSR count). The lowest BCUT2D eigenvalue weighted by molar-refractivity contribution is -0.161. The molecule has 17 nitrogen and oxygen atoms in total. The lowest BCUT2D eigenvalue weighted by Crippen LogP contribution is -2.30. The minimum atomic E-state index is -4.96. The molecule has 0 aromatic rings. The molecule has 0 heterocycles. The molecule has 0 bridgehead atoms. The Morgan fingerprint density at radius 2 is 0.417 bits per heavy atom. The van der Waals surface area contributed by atoms with Crippen molar-refractivity contribution in [2.45, 2.75) is 431 Å². The molecule has 0 aliphatic rings. The van der Waals surface area contributed by atoms with Gasteiger partial charge in [0.15, 0.2) is 12.2 Å². The highest BCUT2D eigenvalue weighted by Crippen LogP contribution is 2.45. The van der Waals surface area contributed by atoms with Crippen LogP contribution in [0.15, 0.2) is 0 Å². The second kappa shape index (κ2) is 71.5. The maximum absolute atomic E-state index is 13.1. The molecule has 5 atom stereocenters. The summed E-state index contributed by atoms with van der Waals surface area (Å²) in [6, 6.07) is 0. The average Bonchev–Trinajstić information content (AvgIpc) is 1.36. The molecule has 0 fully saturated rings. The van der Waals surface area contributed by atoms with Crippen molar-refractivity contribution in [1.82, 2.24) is 0 Å². The van der Waals surface area contributed by atoms with E-state index < -0.39 is 97.5 Å². The zero-order valence-corrected chi connectivity index (χ0v) is 64.1. The zero-order valence-electron chi connectivity index (χ0n) is 62.4. The summed E-state index contributed by atoms with van der Waals surface area (Å²) < 4.78 is 68.6. The fraction of sp³-hybridized carbons (Fsp3) is 0.948. The molecular weight excluding hydrogens is 1260 g/mol. The number of ether oxygens (including phenoxy) is 4. The van der Waals surface area contributed by atoms with Crippen LogP contribution in [0, 0.1) is 0 Å². The normalized spacial score (nSPS) is 13.9. The van der Waals surface area contributed by atoms with Crippen LogP contribution < -0.4 is 0 Å². The summed E-state index contributed by atoms with van der Waals surface area (Å²) in [5, 5.41) is 10.6. The highest BCUT2D eigenvalue weighted by atomic mass is 31.2. The van der Waals surface area contributed by atoms with Gasteiger partial charge in [0, 0.05) is 25.7 Å². The van der Waals surface area contributed by atoms with Crippen molar-refractivity contribution in [2.24, 2.45) is 0 Å². The van der Waals surface area contributed by atoms with Gasteiger partial charge in [0.1, 0.15) is 19.3 Å². The SMILES string of the molecule is CCCCCCCCCCCCCCCCCC(=O)OCC(COP(=O)(O)OCC(O)COP(=O)(O)OCC(COC(=O)CCCCCCCCCCCCCCC)OC(=O)CCCCCCCCCCCCCCC)OC(=O)CCCCCCCCCCCCCCCCC. The minimum absolute atomic E-state index is 0.109. The third-order valence-electron chi connectivity index (χ3n) is 18.1. The Bertz CT molecular complexity index is 1830. The van der Waals surface area contributed by atoms with E-state index in [0.29, 0.717) is 25.7 Å². The molecular formula is C77H150O17P2. The number of aliphatic hydroxyl groups is 1. The maximum Gasteiger partial charge on any atom is 0.472 e. The summed E-state index contributed by atoms with van der Waals surface area (Å²) in [6.45, 7) is 5.01. The lowest BCUT2D eigenvalue weighted by Gasteiger charge is -2.21. The Balaban J connectivity index is 5.26. The third kappa shape index (κ3) is 70.5. The monoisotopic (exact) mass is 1410 g/mol. The van der Waals surface area contributed by atoms with E-state index in [1.165, 1.54) is 244 Å². The van der Waals surface area contributed by atoms with Gasteiger partial charge in [-0.2, -0.15) is 0 Å². The van der Waals surface area contributed by atoms with Gasteiger partial charge in [-0.3, -0.25) is 37.3 Å². The second-order valence-electron chi connectivity index (χ2n) is 27.7. The summed E-state index contributed by atoms with van der Waals surface area (Å²) in [6.07, 6.45) is 62.1. The molecule has 0 aromatic carbocycles. The van der Waals surface area contributed by atoms with E-state index in [2.05, 4.69) is 27.7 Å². The molecule has 0 radical (unpaired) electrons. The number of esters is 4. The van der Waals surface area contributed by atoms with Crippen molar-refractivity contribution in [1.29, 1.82) is 0 Å². The highest BCUT2D eigenvalue weighted by molar-refractivity contribution is 7.47. The Kier molecular flexibility index (Phi) is 70.0. The Morgan fingerprint density at radius 3 is 0.615 bits per heavy atom. The van der Waals surface area contributed by atoms with Gasteiger partial charge < -0.3 is 33.8 Å². The van der Waals surface area contributed by atoms with Crippen LogP contribution in [-0.4, -0.2) is 96.7 Å². The van der Waals surface area contributed by atoms with Crippen molar-refractivity contribution >= 4 is 39.5 Å². The van der Waals surface area contributed by atoms with E-state index in [4.69, 9.17) is 37.0 Å². The molecule has 0 aliphatic carbocycles. The summed E-state index contributed by atoms with van der Waals surface area (Å²) in [4.78, 5) is 72.9. The number of hydrogen-bond donors (Lipinski definition) is 3. The molecule has 96 heavy (non-hydrogen) atoms. The topological polar surface area (TPSA) is 237 Å². The number of hydrogen-bond acceptors (Lipinski definition) is 15. The quantitative estimate of drug-likeness (QED) is 0.0222. The third-order valence-corrected chi connectivity index (χ3v) is 20.0. The first-order chi connectivity index (χ1) is 46.7. The van der Waals surface area contributed by atoms with Gasteiger partial charge in [0.25, 0.3) is 0 Å².